The number of amides is 1. The lowest BCUT2D eigenvalue weighted by Crippen LogP contribution is -2.26. The molecular formula is C22H26N2O3. The van der Waals surface area contributed by atoms with Crippen molar-refractivity contribution in [1.82, 2.24) is 9.88 Å². The summed E-state index contributed by atoms with van der Waals surface area (Å²) in [6.45, 7) is 5.90. The highest BCUT2D eigenvalue weighted by atomic mass is 16.5. The molecule has 27 heavy (non-hydrogen) atoms. The minimum absolute atomic E-state index is 0.0632. The van der Waals surface area contributed by atoms with Crippen molar-refractivity contribution < 1.29 is 14.3 Å². The minimum Gasteiger partial charge on any atom is -0.493 e. The van der Waals surface area contributed by atoms with Gasteiger partial charge in [-0.05, 0) is 44.5 Å². The van der Waals surface area contributed by atoms with E-state index in [2.05, 4.69) is 5.32 Å². The van der Waals surface area contributed by atoms with Gasteiger partial charge >= 0.3 is 0 Å². The van der Waals surface area contributed by atoms with Crippen molar-refractivity contribution in [2.75, 3.05) is 7.11 Å². The first-order chi connectivity index (χ1) is 12.9. The van der Waals surface area contributed by atoms with Gasteiger partial charge in [0.25, 0.3) is 5.91 Å². The van der Waals surface area contributed by atoms with Gasteiger partial charge in [0.15, 0.2) is 11.5 Å². The first kappa shape index (κ1) is 18.8. The van der Waals surface area contributed by atoms with Gasteiger partial charge in [0.2, 0.25) is 0 Å². The van der Waals surface area contributed by atoms with Gasteiger partial charge in [0.1, 0.15) is 0 Å². The summed E-state index contributed by atoms with van der Waals surface area (Å²) in [5.74, 6) is 1.26. The first-order valence-electron chi connectivity index (χ1n) is 9.10. The van der Waals surface area contributed by atoms with Crippen LogP contribution in [0.5, 0.6) is 11.5 Å². The summed E-state index contributed by atoms with van der Waals surface area (Å²) in [6.07, 6.45) is 1.93. The fourth-order valence-electron chi connectivity index (χ4n) is 3.19. The molecule has 0 radical (unpaired) electrons. The fourth-order valence-corrected chi connectivity index (χ4v) is 3.19. The SMILES string of the molecule is COc1cc(C(C)NC(=O)c2cn(C)c3ccccc23)ccc1OC(C)C. The lowest BCUT2D eigenvalue weighted by molar-refractivity contribution is 0.0941. The summed E-state index contributed by atoms with van der Waals surface area (Å²) < 4.78 is 13.2. The second-order valence-corrected chi connectivity index (χ2v) is 6.94. The fraction of sp³-hybridized carbons (Fsp3) is 0.318. The van der Waals surface area contributed by atoms with E-state index in [4.69, 9.17) is 9.47 Å². The number of carbonyl (C=O) groups excluding carboxylic acids is 1. The molecule has 1 unspecified atom stereocenters. The molecule has 0 aliphatic carbocycles. The summed E-state index contributed by atoms with van der Waals surface area (Å²) in [7, 11) is 3.56. The van der Waals surface area contributed by atoms with Crippen molar-refractivity contribution in [2.45, 2.75) is 32.9 Å². The Balaban J connectivity index is 1.82. The number of para-hydroxylation sites is 1. The second kappa shape index (κ2) is 7.74. The number of hydrogen-bond donors (Lipinski definition) is 1. The van der Waals surface area contributed by atoms with Gasteiger partial charge in [-0.2, -0.15) is 0 Å². The number of hydrogen-bond acceptors (Lipinski definition) is 3. The van der Waals surface area contributed by atoms with Crippen molar-refractivity contribution in [3.05, 3.63) is 59.8 Å². The average Bonchev–Trinajstić information content (AvgIpc) is 2.99. The van der Waals surface area contributed by atoms with Crippen LogP contribution in [0.15, 0.2) is 48.7 Å². The lowest BCUT2D eigenvalue weighted by atomic mass is 10.1. The van der Waals surface area contributed by atoms with Crippen molar-refractivity contribution in [3.63, 3.8) is 0 Å². The third kappa shape index (κ3) is 3.92. The van der Waals surface area contributed by atoms with Gasteiger partial charge in [0.05, 0.1) is 24.8 Å². The van der Waals surface area contributed by atoms with Gasteiger partial charge in [0, 0.05) is 24.1 Å². The van der Waals surface area contributed by atoms with Crippen LogP contribution in [0.25, 0.3) is 10.9 Å². The zero-order valence-electron chi connectivity index (χ0n) is 16.4. The Bertz CT molecular complexity index is 959. The van der Waals surface area contributed by atoms with E-state index < -0.39 is 0 Å². The van der Waals surface area contributed by atoms with Crippen molar-refractivity contribution in [1.29, 1.82) is 0 Å². The molecule has 1 amide bonds. The Morgan fingerprint density at radius 1 is 1.07 bits per heavy atom. The Hall–Kier alpha value is -2.95. The predicted octanol–water partition coefficient (Wildman–Crippen LogP) is 4.47. The summed E-state index contributed by atoms with van der Waals surface area (Å²) in [6, 6.07) is 13.5. The predicted molar refractivity (Wildman–Crippen MR) is 108 cm³/mol. The molecule has 0 aliphatic rings. The van der Waals surface area contributed by atoms with Crippen molar-refractivity contribution >= 4 is 16.8 Å². The molecule has 3 aromatic rings. The Morgan fingerprint density at radius 3 is 2.52 bits per heavy atom. The van der Waals surface area contributed by atoms with Crippen LogP contribution in [0.1, 0.15) is 42.7 Å². The zero-order valence-corrected chi connectivity index (χ0v) is 16.4. The number of nitrogens with one attached hydrogen (secondary N) is 1. The van der Waals surface area contributed by atoms with Crippen LogP contribution in [0.3, 0.4) is 0 Å². The van der Waals surface area contributed by atoms with Crippen LogP contribution in [0.2, 0.25) is 0 Å². The molecule has 5 heteroatoms. The van der Waals surface area contributed by atoms with E-state index in [-0.39, 0.29) is 18.1 Å². The maximum absolute atomic E-state index is 12.8. The van der Waals surface area contributed by atoms with E-state index >= 15 is 0 Å². The Morgan fingerprint density at radius 2 is 1.81 bits per heavy atom. The number of nitrogens with zero attached hydrogens (tertiary/aromatic N) is 1. The quantitative estimate of drug-likeness (QED) is 0.700. The van der Waals surface area contributed by atoms with E-state index in [0.717, 1.165) is 16.5 Å². The third-order valence-corrected chi connectivity index (χ3v) is 4.54. The monoisotopic (exact) mass is 366 g/mol. The van der Waals surface area contributed by atoms with Gasteiger partial charge in [-0.3, -0.25) is 4.79 Å². The number of ether oxygens (including phenoxy) is 2. The molecule has 0 spiro atoms. The maximum Gasteiger partial charge on any atom is 0.253 e. The highest BCUT2D eigenvalue weighted by Crippen LogP contribution is 2.31. The molecule has 0 saturated heterocycles. The smallest absolute Gasteiger partial charge is 0.253 e. The summed E-state index contributed by atoms with van der Waals surface area (Å²) >= 11 is 0. The van der Waals surface area contributed by atoms with E-state index in [1.54, 1.807) is 7.11 Å². The topological polar surface area (TPSA) is 52.5 Å². The van der Waals surface area contributed by atoms with Crippen molar-refractivity contribution in [2.24, 2.45) is 7.05 Å². The normalized spacial score (nSPS) is 12.2. The molecule has 1 atom stereocenters. The molecule has 142 valence electrons. The Kier molecular flexibility index (Phi) is 5.40. The van der Waals surface area contributed by atoms with Crippen LogP contribution in [-0.2, 0) is 7.05 Å². The van der Waals surface area contributed by atoms with E-state index in [0.29, 0.717) is 17.1 Å². The standard InChI is InChI=1S/C22H26N2O3/c1-14(2)27-20-11-10-16(12-21(20)26-5)15(3)23-22(25)18-13-24(4)19-9-7-6-8-17(18)19/h6-15H,1-5H3,(H,23,25). The molecule has 0 saturated carbocycles. The summed E-state index contributed by atoms with van der Waals surface area (Å²) in [5, 5.41) is 4.03. The highest BCUT2D eigenvalue weighted by molar-refractivity contribution is 6.07. The number of fused-ring (bicyclic) bond motifs is 1. The van der Waals surface area contributed by atoms with Crippen molar-refractivity contribution in [3.8, 4) is 11.5 Å². The molecule has 2 aromatic carbocycles. The van der Waals surface area contributed by atoms with E-state index in [1.165, 1.54) is 0 Å². The van der Waals surface area contributed by atoms with E-state index in [1.807, 2.05) is 81.0 Å². The first-order valence-corrected chi connectivity index (χ1v) is 9.10. The van der Waals surface area contributed by atoms with E-state index in [9.17, 15) is 4.79 Å². The average molecular weight is 366 g/mol. The number of carbonyl (C=O) groups is 1. The van der Waals surface area contributed by atoms with Crippen LogP contribution in [0.4, 0.5) is 0 Å². The minimum atomic E-state index is -0.168. The van der Waals surface area contributed by atoms with Crippen LogP contribution < -0.4 is 14.8 Å². The largest absolute Gasteiger partial charge is 0.493 e. The van der Waals surface area contributed by atoms with Crippen LogP contribution >= 0.6 is 0 Å². The molecular weight excluding hydrogens is 340 g/mol. The second-order valence-electron chi connectivity index (χ2n) is 6.94. The number of methoxy groups -OCH3 is 1. The highest BCUT2D eigenvalue weighted by Gasteiger charge is 2.18. The van der Waals surface area contributed by atoms with Gasteiger partial charge in [-0.25, -0.2) is 0 Å². The molecule has 5 nitrogen and oxygen atoms in total. The maximum atomic E-state index is 12.8. The number of aromatic nitrogens is 1. The van der Waals surface area contributed by atoms with Crippen LogP contribution in [0, 0.1) is 0 Å². The molecule has 3 rings (SSSR count). The van der Waals surface area contributed by atoms with Crippen LogP contribution in [-0.4, -0.2) is 23.7 Å². The molecule has 0 bridgehead atoms. The summed E-state index contributed by atoms with van der Waals surface area (Å²) in [5.41, 5.74) is 2.66. The Labute approximate surface area is 159 Å². The molecule has 0 aliphatic heterocycles. The van der Waals surface area contributed by atoms with Gasteiger partial charge in [-0.15, -0.1) is 0 Å². The zero-order chi connectivity index (χ0) is 19.6. The molecule has 1 aromatic heterocycles. The molecule has 1 heterocycles. The number of aryl methyl sites for hydroxylation is 1. The summed E-state index contributed by atoms with van der Waals surface area (Å²) in [4.78, 5) is 12.8. The number of rotatable bonds is 6. The third-order valence-electron chi connectivity index (χ3n) is 4.54. The molecule has 0 fully saturated rings. The lowest BCUT2D eigenvalue weighted by Gasteiger charge is -2.18. The number of benzene rings is 2. The molecule has 1 N–H and O–H groups in total. The van der Waals surface area contributed by atoms with Gasteiger partial charge < -0.3 is 19.4 Å². The van der Waals surface area contributed by atoms with Gasteiger partial charge in [-0.1, -0.05) is 24.3 Å².